The summed E-state index contributed by atoms with van der Waals surface area (Å²) in [4.78, 5) is 7.03. The first kappa shape index (κ1) is 17.2. The van der Waals surface area contributed by atoms with Crippen molar-refractivity contribution in [2.24, 2.45) is 0 Å². The standard InChI is InChI=1S/C18H24N2O3S/c1-2-3-4-7-20(8-9-21)11-15-12-24-18(19-15)14-5-6-16-17(10-14)23-13-22-16/h5-6,10,12,21H,2-4,7-9,11,13H2,1H3. The van der Waals surface area contributed by atoms with Gasteiger partial charge in [-0.25, -0.2) is 4.98 Å². The average Bonchev–Trinajstić information content (AvgIpc) is 3.23. The fourth-order valence-corrected chi connectivity index (χ4v) is 3.58. The van der Waals surface area contributed by atoms with E-state index in [1.54, 1.807) is 11.3 Å². The van der Waals surface area contributed by atoms with Gasteiger partial charge in [0.05, 0.1) is 12.3 Å². The van der Waals surface area contributed by atoms with Crippen LogP contribution in [0.15, 0.2) is 23.6 Å². The van der Waals surface area contributed by atoms with E-state index < -0.39 is 0 Å². The number of unbranched alkanes of at least 4 members (excludes halogenated alkanes) is 2. The van der Waals surface area contributed by atoms with Crippen LogP contribution in [0.1, 0.15) is 31.9 Å². The summed E-state index contributed by atoms with van der Waals surface area (Å²) in [5, 5.41) is 12.3. The number of hydrogen-bond donors (Lipinski definition) is 1. The number of rotatable bonds is 9. The third-order valence-corrected chi connectivity index (χ3v) is 4.99. The van der Waals surface area contributed by atoms with Crippen molar-refractivity contribution in [1.29, 1.82) is 0 Å². The first-order valence-corrected chi connectivity index (χ1v) is 9.35. The van der Waals surface area contributed by atoms with E-state index in [1.807, 2.05) is 18.2 Å². The van der Waals surface area contributed by atoms with Crippen molar-refractivity contribution in [3.63, 3.8) is 0 Å². The minimum Gasteiger partial charge on any atom is -0.454 e. The molecule has 0 bridgehead atoms. The molecule has 0 unspecified atom stereocenters. The molecular formula is C18H24N2O3S. The number of aliphatic hydroxyl groups is 1. The SMILES string of the molecule is CCCCCN(CCO)Cc1csc(-c2ccc3c(c2)OCO3)n1. The van der Waals surface area contributed by atoms with Gasteiger partial charge < -0.3 is 14.6 Å². The molecule has 0 fully saturated rings. The van der Waals surface area contributed by atoms with Gasteiger partial charge in [-0.15, -0.1) is 11.3 Å². The van der Waals surface area contributed by atoms with Crippen LogP contribution < -0.4 is 9.47 Å². The molecule has 1 aromatic carbocycles. The van der Waals surface area contributed by atoms with E-state index in [9.17, 15) is 5.11 Å². The van der Waals surface area contributed by atoms with Gasteiger partial charge in [-0.1, -0.05) is 19.8 Å². The molecule has 1 aliphatic heterocycles. The molecule has 1 aromatic heterocycles. The first-order valence-electron chi connectivity index (χ1n) is 8.47. The Kier molecular flexibility index (Phi) is 6.07. The molecule has 0 aliphatic carbocycles. The van der Waals surface area contributed by atoms with E-state index in [0.717, 1.165) is 47.3 Å². The number of aliphatic hydroxyl groups excluding tert-OH is 1. The molecule has 6 heteroatoms. The number of hydrogen-bond acceptors (Lipinski definition) is 6. The second-order valence-electron chi connectivity index (χ2n) is 5.92. The highest BCUT2D eigenvalue weighted by molar-refractivity contribution is 7.13. The molecule has 0 radical (unpaired) electrons. The average molecular weight is 348 g/mol. The summed E-state index contributed by atoms with van der Waals surface area (Å²) in [7, 11) is 0. The molecule has 130 valence electrons. The molecule has 5 nitrogen and oxygen atoms in total. The lowest BCUT2D eigenvalue weighted by molar-refractivity contribution is 0.174. The third kappa shape index (κ3) is 4.26. The smallest absolute Gasteiger partial charge is 0.231 e. The Bertz CT molecular complexity index is 659. The van der Waals surface area contributed by atoms with Crippen LogP contribution in [0.4, 0.5) is 0 Å². The molecule has 0 saturated heterocycles. The van der Waals surface area contributed by atoms with Gasteiger partial charge in [0, 0.05) is 24.0 Å². The van der Waals surface area contributed by atoms with Gasteiger partial charge >= 0.3 is 0 Å². The van der Waals surface area contributed by atoms with Gasteiger partial charge in [0.15, 0.2) is 11.5 Å². The monoisotopic (exact) mass is 348 g/mol. The Hall–Kier alpha value is -1.63. The zero-order valence-corrected chi connectivity index (χ0v) is 14.8. The van der Waals surface area contributed by atoms with Crippen LogP contribution in [0, 0.1) is 0 Å². The third-order valence-electron chi connectivity index (χ3n) is 4.05. The topological polar surface area (TPSA) is 54.8 Å². The van der Waals surface area contributed by atoms with Gasteiger partial charge in [-0.3, -0.25) is 4.90 Å². The van der Waals surface area contributed by atoms with E-state index in [1.165, 1.54) is 12.8 Å². The van der Waals surface area contributed by atoms with Crippen LogP contribution in [-0.2, 0) is 6.54 Å². The fourth-order valence-electron chi connectivity index (χ4n) is 2.77. The van der Waals surface area contributed by atoms with Crippen molar-refractivity contribution in [3.05, 3.63) is 29.3 Å². The van der Waals surface area contributed by atoms with Crippen molar-refractivity contribution in [2.45, 2.75) is 32.7 Å². The van der Waals surface area contributed by atoms with E-state index in [0.29, 0.717) is 6.54 Å². The molecule has 2 aromatic rings. The largest absolute Gasteiger partial charge is 0.454 e. The highest BCUT2D eigenvalue weighted by atomic mass is 32.1. The van der Waals surface area contributed by atoms with Gasteiger partial charge in [0.1, 0.15) is 5.01 Å². The number of nitrogens with zero attached hydrogens (tertiary/aromatic N) is 2. The maximum atomic E-state index is 9.26. The van der Waals surface area contributed by atoms with Crippen molar-refractivity contribution in [2.75, 3.05) is 26.5 Å². The fraction of sp³-hybridized carbons (Fsp3) is 0.500. The van der Waals surface area contributed by atoms with E-state index >= 15 is 0 Å². The van der Waals surface area contributed by atoms with Gasteiger partial charge in [-0.2, -0.15) is 0 Å². The Morgan fingerprint density at radius 1 is 1.21 bits per heavy atom. The summed E-state index contributed by atoms with van der Waals surface area (Å²) in [5.74, 6) is 1.58. The van der Waals surface area contributed by atoms with Crippen molar-refractivity contribution in [1.82, 2.24) is 9.88 Å². The van der Waals surface area contributed by atoms with Crippen LogP contribution in [0.3, 0.4) is 0 Å². The number of aromatic nitrogens is 1. The summed E-state index contributed by atoms with van der Waals surface area (Å²) in [6.45, 7) is 5.16. The first-order chi connectivity index (χ1) is 11.8. The minimum absolute atomic E-state index is 0.186. The molecule has 24 heavy (non-hydrogen) atoms. The number of ether oxygens (including phenoxy) is 2. The highest BCUT2D eigenvalue weighted by Crippen LogP contribution is 2.36. The summed E-state index contributed by atoms with van der Waals surface area (Å²) >= 11 is 1.64. The summed E-state index contributed by atoms with van der Waals surface area (Å²) in [6.07, 6.45) is 3.59. The molecule has 0 saturated carbocycles. The van der Waals surface area contributed by atoms with Crippen LogP contribution in [0.25, 0.3) is 10.6 Å². The van der Waals surface area contributed by atoms with Crippen molar-refractivity contribution >= 4 is 11.3 Å². The van der Waals surface area contributed by atoms with Crippen molar-refractivity contribution in [3.8, 4) is 22.1 Å². The molecular weight excluding hydrogens is 324 g/mol. The molecule has 0 amide bonds. The van der Waals surface area contributed by atoms with Crippen LogP contribution in [0.2, 0.25) is 0 Å². The van der Waals surface area contributed by atoms with Gasteiger partial charge in [0.25, 0.3) is 0 Å². The van der Waals surface area contributed by atoms with Crippen LogP contribution >= 0.6 is 11.3 Å². The van der Waals surface area contributed by atoms with Gasteiger partial charge in [-0.05, 0) is 31.2 Å². The summed E-state index contributed by atoms with van der Waals surface area (Å²) < 4.78 is 10.8. The molecule has 1 N–H and O–H groups in total. The lowest BCUT2D eigenvalue weighted by atomic mass is 10.2. The summed E-state index contributed by atoms with van der Waals surface area (Å²) in [5.41, 5.74) is 2.10. The quantitative estimate of drug-likeness (QED) is 0.703. The molecule has 3 rings (SSSR count). The minimum atomic E-state index is 0.186. The second kappa shape index (κ2) is 8.46. The Labute approximate surface area is 146 Å². The lowest BCUT2D eigenvalue weighted by Gasteiger charge is -2.19. The number of fused-ring (bicyclic) bond motifs is 1. The van der Waals surface area contributed by atoms with Crippen molar-refractivity contribution < 1.29 is 14.6 Å². The predicted molar refractivity (Wildman–Crippen MR) is 95.6 cm³/mol. The van der Waals surface area contributed by atoms with E-state index in [2.05, 4.69) is 17.2 Å². The Morgan fingerprint density at radius 3 is 2.92 bits per heavy atom. The molecule has 1 aliphatic rings. The normalized spacial score (nSPS) is 13.0. The lowest BCUT2D eigenvalue weighted by Crippen LogP contribution is -2.27. The van der Waals surface area contributed by atoms with Crippen LogP contribution in [-0.4, -0.2) is 41.5 Å². The summed E-state index contributed by atoms with van der Waals surface area (Å²) in [6, 6.07) is 5.93. The molecule has 2 heterocycles. The number of benzene rings is 1. The maximum Gasteiger partial charge on any atom is 0.231 e. The van der Waals surface area contributed by atoms with Crippen LogP contribution in [0.5, 0.6) is 11.5 Å². The Balaban J connectivity index is 1.65. The Morgan fingerprint density at radius 2 is 2.08 bits per heavy atom. The number of thiazole rings is 1. The second-order valence-corrected chi connectivity index (χ2v) is 6.78. The maximum absolute atomic E-state index is 9.26. The zero-order valence-electron chi connectivity index (χ0n) is 14.0. The zero-order chi connectivity index (χ0) is 16.8. The van der Waals surface area contributed by atoms with E-state index in [4.69, 9.17) is 14.5 Å². The van der Waals surface area contributed by atoms with E-state index in [-0.39, 0.29) is 13.4 Å². The molecule has 0 atom stereocenters. The van der Waals surface area contributed by atoms with Gasteiger partial charge in [0.2, 0.25) is 6.79 Å². The molecule has 0 spiro atoms. The predicted octanol–water partition coefficient (Wildman–Crippen LogP) is 3.52. The highest BCUT2D eigenvalue weighted by Gasteiger charge is 2.16.